The third kappa shape index (κ3) is 4.65. The van der Waals surface area contributed by atoms with Crippen molar-refractivity contribution in [3.05, 3.63) is 91.3 Å². The lowest BCUT2D eigenvalue weighted by Crippen LogP contribution is -2.16. The van der Waals surface area contributed by atoms with Crippen molar-refractivity contribution in [1.82, 2.24) is 20.1 Å². The molecule has 9 nitrogen and oxygen atoms in total. The van der Waals surface area contributed by atoms with E-state index in [4.69, 9.17) is 16.0 Å². The number of alkyl halides is 3. The van der Waals surface area contributed by atoms with Gasteiger partial charge in [0.25, 0.3) is 0 Å². The number of fused-ring (bicyclic) bond motifs is 1. The molecule has 0 unspecified atom stereocenters. The lowest BCUT2D eigenvalue weighted by molar-refractivity contribution is -0.137. The van der Waals surface area contributed by atoms with Crippen LogP contribution in [-0.4, -0.2) is 20.1 Å². The van der Waals surface area contributed by atoms with Crippen LogP contribution in [0.2, 0.25) is 5.15 Å². The van der Waals surface area contributed by atoms with Gasteiger partial charge in [-0.15, -0.1) is 0 Å². The molecule has 0 saturated carbocycles. The number of rotatable bonds is 5. The fraction of sp³-hybridized carbons (Fsp3) is 0.160. The van der Waals surface area contributed by atoms with Crippen LogP contribution in [0.25, 0.3) is 33.9 Å². The van der Waals surface area contributed by atoms with Crippen LogP contribution in [0.3, 0.4) is 0 Å². The molecule has 4 heterocycles. The van der Waals surface area contributed by atoms with Gasteiger partial charge in [-0.2, -0.15) is 13.2 Å². The Balaban J connectivity index is 1.70. The average Bonchev–Trinajstić information content (AvgIpc) is 3.32. The van der Waals surface area contributed by atoms with Crippen molar-refractivity contribution in [2.24, 2.45) is 0 Å². The number of aromatic nitrogens is 4. The van der Waals surface area contributed by atoms with Crippen LogP contribution in [-0.2, 0) is 6.18 Å². The van der Waals surface area contributed by atoms with Crippen molar-refractivity contribution >= 4 is 28.3 Å². The SMILES string of the molecule is Cc1c(-c2ccccn2)oc2c([C@@H](C)Nc3ccc(Cl)nc3-c3noc(=O)[nH]3)cc(C(F)(F)F)cc2c1=O. The van der Waals surface area contributed by atoms with Gasteiger partial charge in [0.1, 0.15) is 22.1 Å². The smallest absolute Gasteiger partial charge is 0.439 e. The van der Waals surface area contributed by atoms with Crippen molar-refractivity contribution in [1.29, 1.82) is 0 Å². The van der Waals surface area contributed by atoms with Crippen LogP contribution in [0, 0.1) is 6.92 Å². The van der Waals surface area contributed by atoms with Gasteiger partial charge in [0.15, 0.2) is 11.2 Å². The zero-order valence-corrected chi connectivity index (χ0v) is 20.4. The molecule has 0 fully saturated rings. The quantitative estimate of drug-likeness (QED) is 0.268. The molecule has 0 amide bonds. The molecule has 4 aromatic heterocycles. The van der Waals surface area contributed by atoms with Gasteiger partial charge in [0.05, 0.1) is 22.7 Å². The summed E-state index contributed by atoms with van der Waals surface area (Å²) in [6.07, 6.45) is -3.21. The second kappa shape index (κ2) is 9.45. The first-order valence-corrected chi connectivity index (χ1v) is 11.5. The number of H-pyrrole nitrogens is 1. The largest absolute Gasteiger partial charge is 0.454 e. The number of benzene rings is 1. The maximum Gasteiger partial charge on any atom is 0.439 e. The summed E-state index contributed by atoms with van der Waals surface area (Å²) >= 11 is 6.01. The van der Waals surface area contributed by atoms with Crippen molar-refractivity contribution < 1.29 is 22.1 Å². The van der Waals surface area contributed by atoms with Crippen LogP contribution >= 0.6 is 11.6 Å². The molecule has 13 heteroatoms. The molecular formula is C25H17ClF3N5O4. The average molecular weight is 544 g/mol. The highest BCUT2D eigenvalue weighted by Gasteiger charge is 2.33. The third-order valence-corrected chi connectivity index (χ3v) is 6.05. The molecule has 2 N–H and O–H groups in total. The molecule has 0 bridgehead atoms. The highest BCUT2D eigenvalue weighted by Crippen LogP contribution is 2.38. The normalized spacial score (nSPS) is 12.6. The maximum atomic E-state index is 13.9. The Hall–Kier alpha value is -4.45. The van der Waals surface area contributed by atoms with E-state index < -0.39 is 29.0 Å². The molecule has 5 rings (SSSR count). The van der Waals surface area contributed by atoms with E-state index in [-0.39, 0.29) is 50.2 Å². The second-order valence-electron chi connectivity index (χ2n) is 8.38. The van der Waals surface area contributed by atoms with E-state index in [1.54, 1.807) is 25.1 Å². The van der Waals surface area contributed by atoms with E-state index in [2.05, 4.69) is 29.9 Å². The van der Waals surface area contributed by atoms with Crippen molar-refractivity contribution in [2.75, 3.05) is 5.32 Å². The lowest BCUT2D eigenvalue weighted by Gasteiger charge is -2.20. The molecule has 0 aliphatic heterocycles. The molecule has 38 heavy (non-hydrogen) atoms. The monoisotopic (exact) mass is 543 g/mol. The Kier molecular flexibility index (Phi) is 6.27. The van der Waals surface area contributed by atoms with E-state index in [9.17, 15) is 22.8 Å². The Morgan fingerprint density at radius 3 is 2.58 bits per heavy atom. The fourth-order valence-corrected chi connectivity index (χ4v) is 4.17. The van der Waals surface area contributed by atoms with Gasteiger partial charge in [-0.3, -0.25) is 19.3 Å². The van der Waals surface area contributed by atoms with Gasteiger partial charge < -0.3 is 9.73 Å². The number of halogens is 4. The van der Waals surface area contributed by atoms with Gasteiger partial charge in [0, 0.05) is 17.3 Å². The lowest BCUT2D eigenvalue weighted by atomic mass is 9.98. The molecule has 1 atom stereocenters. The summed E-state index contributed by atoms with van der Waals surface area (Å²) in [5.41, 5.74) is -0.752. The van der Waals surface area contributed by atoms with Crippen LogP contribution in [0.15, 0.2) is 67.2 Å². The zero-order valence-electron chi connectivity index (χ0n) is 19.7. The van der Waals surface area contributed by atoms with E-state index in [0.29, 0.717) is 5.69 Å². The summed E-state index contributed by atoms with van der Waals surface area (Å²) in [6, 6.07) is 8.82. The van der Waals surface area contributed by atoms with E-state index in [1.165, 1.54) is 25.3 Å². The molecule has 0 spiro atoms. The highest BCUT2D eigenvalue weighted by molar-refractivity contribution is 6.29. The molecule has 194 valence electrons. The van der Waals surface area contributed by atoms with Gasteiger partial charge in [-0.05, 0) is 50.2 Å². The predicted octanol–water partition coefficient (Wildman–Crippen LogP) is 5.75. The number of pyridine rings is 2. The molecule has 0 aliphatic carbocycles. The Morgan fingerprint density at radius 2 is 1.92 bits per heavy atom. The number of anilines is 1. The first-order valence-electron chi connectivity index (χ1n) is 11.1. The van der Waals surface area contributed by atoms with Crippen molar-refractivity contribution in [3.8, 4) is 23.0 Å². The minimum Gasteiger partial charge on any atom is -0.454 e. The summed E-state index contributed by atoms with van der Waals surface area (Å²) < 4.78 is 52.2. The summed E-state index contributed by atoms with van der Waals surface area (Å²) in [5, 5.41) is 6.52. The standard InChI is InChI=1S/C25H17ClF3N5O4/c1-11-20(35)15-10-13(25(27,28)29)9-14(22(15)37-21(11)17-5-3-4-8-30-17)12(2)31-16-6-7-18(26)32-19(16)23-33-24(36)38-34-23/h3-10,12,31H,1-2H3,(H,33,34,36)/t12-/m1/s1. The molecule has 5 aromatic rings. The zero-order chi connectivity index (χ0) is 27.2. The van der Waals surface area contributed by atoms with Crippen LogP contribution in [0.1, 0.15) is 29.7 Å². The molecule has 0 saturated heterocycles. The van der Waals surface area contributed by atoms with E-state index in [0.717, 1.165) is 12.1 Å². The number of aromatic amines is 1. The molecular weight excluding hydrogens is 527 g/mol. The Labute approximate surface area is 216 Å². The van der Waals surface area contributed by atoms with Gasteiger partial charge >= 0.3 is 11.9 Å². The highest BCUT2D eigenvalue weighted by atomic mass is 35.5. The second-order valence-corrected chi connectivity index (χ2v) is 8.77. The van der Waals surface area contributed by atoms with Gasteiger partial charge in [-0.25, -0.2) is 9.78 Å². The molecule has 0 radical (unpaired) electrons. The number of nitrogens with one attached hydrogen (secondary N) is 2. The number of hydrogen-bond donors (Lipinski definition) is 2. The summed E-state index contributed by atoms with van der Waals surface area (Å²) in [5.74, 6) is -0.727. The minimum absolute atomic E-state index is 0.0347. The van der Waals surface area contributed by atoms with E-state index >= 15 is 0 Å². The van der Waals surface area contributed by atoms with Crippen LogP contribution < -0.4 is 16.5 Å². The van der Waals surface area contributed by atoms with Crippen LogP contribution in [0.5, 0.6) is 0 Å². The fourth-order valence-electron chi connectivity index (χ4n) is 4.02. The minimum atomic E-state index is -4.73. The van der Waals surface area contributed by atoms with Crippen LogP contribution in [0.4, 0.5) is 18.9 Å². The first-order chi connectivity index (χ1) is 18.0. The molecule has 1 aromatic carbocycles. The third-order valence-electron chi connectivity index (χ3n) is 5.84. The van der Waals surface area contributed by atoms with Gasteiger partial charge in [-0.1, -0.05) is 22.8 Å². The van der Waals surface area contributed by atoms with Crippen molar-refractivity contribution in [2.45, 2.75) is 26.1 Å². The number of hydrogen-bond acceptors (Lipinski definition) is 8. The topological polar surface area (TPSA) is 127 Å². The Morgan fingerprint density at radius 1 is 1.13 bits per heavy atom. The predicted molar refractivity (Wildman–Crippen MR) is 133 cm³/mol. The molecule has 0 aliphatic rings. The number of nitrogens with zero attached hydrogens (tertiary/aromatic N) is 3. The summed E-state index contributed by atoms with van der Waals surface area (Å²) in [7, 11) is 0. The van der Waals surface area contributed by atoms with Gasteiger partial charge in [0.2, 0.25) is 5.82 Å². The van der Waals surface area contributed by atoms with E-state index in [1.807, 2.05) is 0 Å². The summed E-state index contributed by atoms with van der Waals surface area (Å²) in [4.78, 5) is 35.5. The maximum absolute atomic E-state index is 13.9. The first kappa shape index (κ1) is 25.2. The van der Waals surface area contributed by atoms with Crippen molar-refractivity contribution in [3.63, 3.8) is 0 Å². The Bertz CT molecular complexity index is 1780. The summed E-state index contributed by atoms with van der Waals surface area (Å²) in [6.45, 7) is 3.06.